The highest BCUT2D eigenvalue weighted by atomic mass is 16.4. The molecule has 1 heterocycles. The fourth-order valence-electron chi connectivity index (χ4n) is 3.67. The highest BCUT2D eigenvalue weighted by Crippen LogP contribution is 2.14. The molecule has 0 bridgehead atoms. The summed E-state index contributed by atoms with van der Waals surface area (Å²) >= 11 is 0. The van der Waals surface area contributed by atoms with Crippen LogP contribution in [0.2, 0.25) is 0 Å². The Morgan fingerprint density at radius 1 is 0.742 bits per heavy atom. The van der Waals surface area contributed by atoms with Crippen LogP contribution in [0.15, 0.2) is 19.2 Å². The van der Waals surface area contributed by atoms with E-state index in [9.17, 15) is 4.79 Å². The van der Waals surface area contributed by atoms with Crippen LogP contribution >= 0.6 is 0 Å². The van der Waals surface area contributed by atoms with Gasteiger partial charge < -0.3 is 10.4 Å². The van der Waals surface area contributed by atoms with E-state index in [1.54, 1.807) is 12.2 Å². The second kappa shape index (κ2) is 18.6. The quantitative estimate of drug-likeness (QED) is 0.198. The molecule has 5 nitrogen and oxygen atoms in total. The molecular formula is C26H43N3O2. The van der Waals surface area contributed by atoms with Gasteiger partial charge in [0.05, 0.1) is 11.4 Å². The molecule has 0 aliphatic carbocycles. The third-order valence-corrected chi connectivity index (χ3v) is 5.53. The molecule has 0 aliphatic rings. The lowest BCUT2D eigenvalue weighted by molar-refractivity contribution is -0.137. The van der Waals surface area contributed by atoms with Crippen molar-refractivity contribution in [3.63, 3.8) is 0 Å². The summed E-state index contributed by atoms with van der Waals surface area (Å²) in [5.41, 5.74) is 1.64. The fraction of sp³-hybridized carbons (Fsp3) is 0.654. The first-order valence-corrected chi connectivity index (χ1v) is 12.3. The first-order valence-electron chi connectivity index (χ1n) is 12.3. The van der Waals surface area contributed by atoms with Gasteiger partial charge in [0.15, 0.2) is 0 Å². The van der Waals surface area contributed by atoms with Crippen LogP contribution in [0.25, 0.3) is 12.2 Å². The molecule has 0 saturated carbocycles. The second-order valence-electron chi connectivity index (χ2n) is 8.32. The molecule has 0 unspecified atom stereocenters. The van der Waals surface area contributed by atoms with Gasteiger partial charge in [-0.25, -0.2) is 9.97 Å². The molecule has 0 amide bonds. The maximum absolute atomic E-state index is 10.4. The van der Waals surface area contributed by atoms with Gasteiger partial charge in [-0.2, -0.15) is 0 Å². The Bertz CT molecular complexity index is 605. The van der Waals surface area contributed by atoms with Crippen LogP contribution in [0.4, 0.5) is 5.95 Å². The lowest BCUT2D eigenvalue weighted by Crippen LogP contribution is -2.06. The normalized spacial score (nSPS) is 10.7. The van der Waals surface area contributed by atoms with Crippen LogP contribution in [0.5, 0.6) is 0 Å². The van der Waals surface area contributed by atoms with Gasteiger partial charge in [-0.05, 0) is 31.1 Å². The summed E-state index contributed by atoms with van der Waals surface area (Å²) < 4.78 is 0. The lowest BCUT2D eigenvalue weighted by atomic mass is 10.0. The Hall–Kier alpha value is -2.17. The monoisotopic (exact) mass is 429 g/mol. The Morgan fingerprint density at radius 2 is 1.13 bits per heavy atom. The molecule has 174 valence electrons. The number of rotatable bonds is 21. The predicted octanol–water partition coefficient (Wildman–Crippen LogP) is 7.50. The molecule has 1 aromatic heterocycles. The third-order valence-electron chi connectivity index (χ3n) is 5.53. The topological polar surface area (TPSA) is 75.1 Å². The van der Waals surface area contributed by atoms with E-state index in [4.69, 9.17) is 5.11 Å². The van der Waals surface area contributed by atoms with E-state index in [1.165, 1.54) is 77.0 Å². The molecule has 0 fully saturated rings. The zero-order valence-electron chi connectivity index (χ0n) is 19.4. The van der Waals surface area contributed by atoms with Gasteiger partial charge in [-0.15, -0.1) is 0 Å². The highest BCUT2D eigenvalue weighted by molar-refractivity contribution is 5.66. The number of unbranched alkanes of at least 4 members (excludes halogenated alkanes) is 14. The second-order valence-corrected chi connectivity index (χ2v) is 8.32. The van der Waals surface area contributed by atoms with Crippen LogP contribution < -0.4 is 5.32 Å². The van der Waals surface area contributed by atoms with Gasteiger partial charge in [0.25, 0.3) is 0 Å². The molecule has 1 rings (SSSR count). The number of nitrogens with zero attached hydrogens (tertiary/aromatic N) is 2. The SMILES string of the molecule is C=Cc1cc(C=C)nc(NCCCCCCCCCCCCCCCCCC(=O)O)n1. The molecule has 5 heteroatoms. The summed E-state index contributed by atoms with van der Waals surface area (Å²) in [6, 6.07) is 1.87. The number of hydrogen-bond acceptors (Lipinski definition) is 4. The van der Waals surface area contributed by atoms with Gasteiger partial charge in [0, 0.05) is 13.0 Å². The van der Waals surface area contributed by atoms with E-state index in [1.807, 2.05) is 6.07 Å². The van der Waals surface area contributed by atoms with E-state index in [0.717, 1.165) is 37.2 Å². The summed E-state index contributed by atoms with van der Waals surface area (Å²) in [6.45, 7) is 8.43. The van der Waals surface area contributed by atoms with Crippen molar-refractivity contribution in [2.24, 2.45) is 0 Å². The highest BCUT2D eigenvalue weighted by Gasteiger charge is 2.01. The average Bonchev–Trinajstić information content (AvgIpc) is 2.77. The Morgan fingerprint density at radius 3 is 1.52 bits per heavy atom. The molecule has 31 heavy (non-hydrogen) atoms. The fourth-order valence-corrected chi connectivity index (χ4v) is 3.67. The lowest BCUT2D eigenvalue weighted by Gasteiger charge is -2.07. The minimum atomic E-state index is -0.666. The van der Waals surface area contributed by atoms with Gasteiger partial charge in [-0.1, -0.05) is 96.6 Å². The zero-order valence-corrected chi connectivity index (χ0v) is 19.4. The van der Waals surface area contributed by atoms with E-state index in [0.29, 0.717) is 12.4 Å². The molecule has 2 N–H and O–H groups in total. The van der Waals surface area contributed by atoms with Crippen molar-refractivity contribution in [1.82, 2.24) is 9.97 Å². The van der Waals surface area contributed by atoms with Crippen molar-refractivity contribution in [3.05, 3.63) is 30.6 Å². The molecule has 0 radical (unpaired) electrons. The molecule has 0 aromatic carbocycles. The molecule has 0 spiro atoms. The molecular weight excluding hydrogens is 386 g/mol. The number of aromatic nitrogens is 2. The van der Waals surface area contributed by atoms with E-state index in [2.05, 4.69) is 28.4 Å². The van der Waals surface area contributed by atoms with Crippen LogP contribution in [-0.2, 0) is 4.79 Å². The average molecular weight is 430 g/mol. The largest absolute Gasteiger partial charge is 0.481 e. The summed E-state index contributed by atoms with van der Waals surface area (Å²) in [6.07, 6.45) is 22.6. The van der Waals surface area contributed by atoms with Gasteiger partial charge >= 0.3 is 5.97 Å². The maximum Gasteiger partial charge on any atom is 0.303 e. The van der Waals surface area contributed by atoms with E-state index >= 15 is 0 Å². The molecule has 0 atom stereocenters. The van der Waals surface area contributed by atoms with Crippen molar-refractivity contribution in [2.45, 2.75) is 103 Å². The van der Waals surface area contributed by atoms with Gasteiger partial charge in [0.2, 0.25) is 5.95 Å². The maximum atomic E-state index is 10.4. The number of hydrogen-bond donors (Lipinski definition) is 2. The minimum Gasteiger partial charge on any atom is -0.481 e. The zero-order chi connectivity index (χ0) is 22.6. The number of carboxylic acid groups (broad SMARTS) is 1. The number of carbonyl (C=O) groups is 1. The summed E-state index contributed by atoms with van der Waals surface area (Å²) in [7, 11) is 0. The molecule has 0 saturated heterocycles. The molecule has 0 aliphatic heterocycles. The first kappa shape index (κ1) is 26.9. The smallest absolute Gasteiger partial charge is 0.303 e. The van der Waals surface area contributed by atoms with Crippen molar-refractivity contribution < 1.29 is 9.90 Å². The van der Waals surface area contributed by atoms with E-state index in [-0.39, 0.29) is 0 Å². The summed E-state index contributed by atoms with van der Waals surface area (Å²) in [5.74, 6) is -0.00854. The van der Waals surface area contributed by atoms with Crippen LogP contribution in [0, 0.1) is 0 Å². The Balaban J connectivity index is 1.84. The predicted molar refractivity (Wildman–Crippen MR) is 132 cm³/mol. The Labute approximate surface area is 189 Å². The number of carboxylic acids is 1. The van der Waals surface area contributed by atoms with Crippen molar-refractivity contribution in [3.8, 4) is 0 Å². The minimum absolute atomic E-state index is 0.327. The van der Waals surface area contributed by atoms with Crippen LogP contribution in [0.1, 0.15) is 114 Å². The third kappa shape index (κ3) is 15.3. The van der Waals surface area contributed by atoms with E-state index < -0.39 is 5.97 Å². The molecule has 1 aromatic rings. The van der Waals surface area contributed by atoms with Crippen LogP contribution in [0.3, 0.4) is 0 Å². The number of anilines is 1. The first-order chi connectivity index (χ1) is 15.2. The standard InChI is InChI=1S/C26H43N3O2/c1-3-23-22-24(4-2)29-26(28-23)27-21-19-17-15-13-11-9-7-5-6-8-10-12-14-16-18-20-25(30)31/h3-4,22H,1-2,5-21H2,(H,30,31)(H,27,28,29). The van der Waals surface area contributed by atoms with Crippen molar-refractivity contribution in [1.29, 1.82) is 0 Å². The summed E-state index contributed by atoms with van der Waals surface area (Å²) in [5, 5.41) is 11.9. The number of nitrogens with one attached hydrogen (secondary N) is 1. The van der Waals surface area contributed by atoms with Crippen molar-refractivity contribution in [2.75, 3.05) is 11.9 Å². The Kier molecular flexibility index (Phi) is 16.1. The summed E-state index contributed by atoms with van der Waals surface area (Å²) in [4.78, 5) is 19.3. The van der Waals surface area contributed by atoms with Crippen LogP contribution in [-0.4, -0.2) is 27.6 Å². The van der Waals surface area contributed by atoms with Gasteiger partial charge in [-0.3, -0.25) is 4.79 Å². The van der Waals surface area contributed by atoms with Gasteiger partial charge in [0.1, 0.15) is 0 Å². The van der Waals surface area contributed by atoms with Crippen molar-refractivity contribution >= 4 is 24.1 Å². The number of aliphatic carboxylic acids is 1.